The van der Waals surface area contributed by atoms with Crippen molar-refractivity contribution in [3.8, 4) is 17.3 Å². The van der Waals surface area contributed by atoms with Crippen LogP contribution in [-0.2, 0) is 16.1 Å². The molecule has 0 amide bonds. The Kier molecular flexibility index (Phi) is 9.09. The van der Waals surface area contributed by atoms with Crippen LogP contribution < -0.4 is 16.6 Å². The van der Waals surface area contributed by atoms with Gasteiger partial charge in [0.25, 0.3) is 5.56 Å². The van der Waals surface area contributed by atoms with Gasteiger partial charge in [0.05, 0.1) is 40.8 Å². The number of hydrogen-bond acceptors (Lipinski definition) is 8. The van der Waals surface area contributed by atoms with Crippen LogP contribution in [0.25, 0.3) is 22.0 Å². The Bertz CT molecular complexity index is 1630. The van der Waals surface area contributed by atoms with Crippen LogP contribution in [0.3, 0.4) is 0 Å². The molecular formula is C29H28ClFN6O3. The first-order chi connectivity index (χ1) is 19.2. The maximum absolute atomic E-state index is 15.4. The molecule has 0 unspecified atom stereocenters. The molecule has 4 rings (SSSR count). The van der Waals surface area contributed by atoms with Crippen LogP contribution in [0.15, 0.2) is 59.4 Å². The Hall–Kier alpha value is -4.33. The van der Waals surface area contributed by atoms with E-state index < -0.39 is 18.0 Å². The number of anilines is 1. The molecular weight excluding hydrogens is 535 g/mol. The summed E-state index contributed by atoms with van der Waals surface area (Å²) in [6, 6.07) is 16.4. The molecule has 2 aromatic heterocycles. The third-order valence-corrected chi connectivity index (χ3v) is 6.60. The summed E-state index contributed by atoms with van der Waals surface area (Å²) in [4.78, 5) is 29.1. The zero-order valence-electron chi connectivity index (χ0n) is 22.0. The molecule has 0 aliphatic carbocycles. The van der Waals surface area contributed by atoms with Gasteiger partial charge in [0.15, 0.2) is 0 Å². The summed E-state index contributed by atoms with van der Waals surface area (Å²) in [6.45, 7) is 4.26. The number of pyridine rings is 1. The zero-order chi connectivity index (χ0) is 28.8. The van der Waals surface area contributed by atoms with E-state index in [2.05, 4.69) is 21.5 Å². The summed E-state index contributed by atoms with van der Waals surface area (Å²) in [5.74, 6) is -1.19. The van der Waals surface area contributed by atoms with Gasteiger partial charge in [-0.15, -0.1) is 0 Å². The third-order valence-electron chi connectivity index (χ3n) is 6.32. The monoisotopic (exact) mass is 562 g/mol. The molecule has 0 aliphatic rings. The van der Waals surface area contributed by atoms with Crippen LogP contribution in [0.5, 0.6) is 0 Å². The van der Waals surface area contributed by atoms with Crippen LogP contribution in [-0.4, -0.2) is 39.9 Å². The van der Waals surface area contributed by atoms with Gasteiger partial charge in [-0.05, 0) is 42.2 Å². The molecule has 40 heavy (non-hydrogen) atoms. The first kappa shape index (κ1) is 28.7. The number of esters is 1. The number of carbonyl (C=O) groups is 1. The van der Waals surface area contributed by atoms with Crippen molar-refractivity contribution in [2.24, 2.45) is 11.7 Å². The van der Waals surface area contributed by atoms with E-state index in [-0.39, 0.29) is 46.7 Å². The first-order valence-corrected chi connectivity index (χ1v) is 13.1. The minimum absolute atomic E-state index is 0.0305. The van der Waals surface area contributed by atoms with Crippen molar-refractivity contribution in [1.82, 2.24) is 14.8 Å². The van der Waals surface area contributed by atoms with Crippen molar-refractivity contribution in [2.75, 3.05) is 18.5 Å². The normalized spacial score (nSPS) is 11.8. The summed E-state index contributed by atoms with van der Waals surface area (Å²) in [5.41, 5.74) is 6.94. The molecule has 1 atom stereocenters. The van der Waals surface area contributed by atoms with Gasteiger partial charge in [-0.1, -0.05) is 55.8 Å². The van der Waals surface area contributed by atoms with Crippen molar-refractivity contribution in [1.29, 1.82) is 5.26 Å². The number of nitrogens with one attached hydrogen (secondary N) is 1. The first-order valence-electron chi connectivity index (χ1n) is 12.7. The third kappa shape index (κ3) is 6.45. The Morgan fingerprint density at radius 3 is 2.58 bits per heavy atom. The molecule has 206 valence electrons. The minimum atomic E-state index is -0.817. The van der Waals surface area contributed by atoms with Crippen LogP contribution in [0, 0.1) is 23.2 Å². The number of ether oxygens (including phenoxy) is 1. The lowest BCUT2D eigenvalue weighted by Crippen LogP contribution is -2.37. The van der Waals surface area contributed by atoms with Crippen LogP contribution >= 0.6 is 11.6 Å². The lowest BCUT2D eigenvalue weighted by atomic mass is 10.1. The number of nitrogens with two attached hydrogens (primary N) is 1. The van der Waals surface area contributed by atoms with Crippen molar-refractivity contribution >= 4 is 34.2 Å². The number of aromatic nitrogens is 3. The SMILES string of the molecule is CC(C)[C@H](N)C(=O)OCCCNc1nc(F)c(-c2nn(Cc3ccc(C#N)cc3)c(=O)c3ccccc23)cc1Cl. The number of nitrogens with zero attached hydrogens (tertiary/aromatic N) is 4. The quantitative estimate of drug-likeness (QED) is 0.164. The number of rotatable bonds is 10. The van der Waals surface area contributed by atoms with E-state index in [9.17, 15) is 9.59 Å². The van der Waals surface area contributed by atoms with Gasteiger partial charge in [0, 0.05) is 11.9 Å². The Labute approximate surface area is 235 Å². The van der Waals surface area contributed by atoms with Gasteiger partial charge < -0.3 is 15.8 Å². The number of nitriles is 1. The fraction of sp³-hybridized carbons (Fsp3) is 0.276. The minimum Gasteiger partial charge on any atom is -0.464 e. The highest BCUT2D eigenvalue weighted by Crippen LogP contribution is 2.31. The fourth-order valence-corrected chi connectivity index (χ4v) is 4.19. The summed E-state index contributed by atoms with van der Waals surface area (Å²) in [6.07, 6.45) is 0.435. The number of hydrogen-bond donors (Lipinski definition) is 2. The van der Waals surface area contributed by atoms with E-state index in [0.29, 0.717) is 29.3 Å². The molecule has 2 heterocycles. The van der Waals surface area contributed by atoms with Crippen molar-refractivity contribution < 1.29 is 13.9 Å². The van der Waals surface area contributed by atoms with E-state index in [1.165, 1.54) is 10.7 Å². The van der Waals surface area contributed by atoms with Crippen LogP contribution in [0.2, 0.25) is 5.02 Å². The highest BCUT2D eigenvalue weighted by atomic mass is 35.5. The van der Waals surface area contributed by atoms with Gasteiger partial charge in [0.1, 0.15) is 17.6 Å². The molecule has 0 fully saturated rings. The van der Waals surface area contributed by atoms with Gasteiger partial charge in [0.2, 0.25) is 5.95 Å². The highest BCUT2D eigenvalue weighted by Gasteiger charge is 2.20. The van der Waals surface area contributed by atoms with E-state index >= 15 is 4.39 Å². The molecule has 9 nitrogen and oxygen atoms in total. The maximum atomic E-state index is 15.4. The standard InChI is InChI=1S/C29H28ClFN6O3/c1-17(2)24(33)29(39)40-13-5-12-34-27-23(30)14-22(26(31)35-27)25-20-6-3-4-7-21(20)28(38)37(36-25)16-19-10-8-18(15-32)9-11-19/h3-4,6-11,14,17,24H,5,12-13,16,33H2,1-2H3,(H,34,35)/t24-/m0/s1. The molecule has 4 aromatic rings. The second-order valence-electron chi connectivity index (χ2n) is 9.54. The summed E-state index contributed by atoms with van der Waals surface area (Å²) in [5, 5.41) is 17.5. The van der Waals surface area contributed by atoms with Crippen molar-refractivity contribution in [3.63, 3.8) is 0 Å². The maximum Gasteiger partial charge on any atom is 0.323 e. The number of fused-ring (bicyclic) bond motifs is 1. The molecule has 2 aromatic carbocycles. The summed E-state index contributed by atoms with van der Waals surface area (Å²) in [7, 11) is 0. The Morgan fingerprint density at radius 1 is 1.20 bits per heavy atom. The lowest BCUT2D eigenvalue weighted by Gasteiger charge is -2.15. The van der Waals surface area contributed by atoms with Gasteiger partial charge >= 0.3 is 5.97 Å². The molecule has 0 spiro atoms. The predicted molar refractivity (Wildman–Crippen MR) is 151 cm³/mol. The highest BCUT2D eigenvalue weighted by molar-refractivity contribution is 6.33. The molecule has 0 saturated heterocycles. The van der Waals surface area contributed by atoms with E-state index in [4.69, 9.17) is 27.3 Å². The predicted octanol–water partition coefficient (Wildman–Crippen LogP) is 4.50. The van der Waals surface area contributed by atoms with Gasteiger partial charge in [-0.2, -0.15) is 14.8 Å². The van der Waals surface area contributed by atoms with Crippen molar-refractivity contribution in [2.45, 2.75) is 32.9 Å². The molecule has 11 heteroatoms. The van der Waals surface area contributed by atoms with E-state index in [0.717, 1.165) is 5.56 Å². The number of halogens is 2. The molecule has 0 bridgehead atoms. The average Bonchev–Trinajstić information content (AvgIpc) is 2.95. The van der Waals surface area contributed by atoms with E-state index in [1.807, 2.05) is 13.8 Å². The van der Waals surface area contributed by atoms with Gasteiger partial charge in [-0.25, -0.2) is 9.67 Å². The molecule has 3 N–H and O–H groups in total. The topological polar surface area (TPSA) is 136 Å². The number of benzene rings is 2. The van der Waals surface area contributed by atoms with E-state index in [1.54, 1.807) is 48.5 Å². The van der Waals surface area contributed by atoms with Gasteiger partial charge in [-0.3, -0.25) is 9.59 Å². The smallest absolute Gasteiger partial charge is 0.323 e. The van der Waals surface area contributed by atoms with Crippen LogP contribution in [0.1, 0.15) is 31.4 Å². The second-order valence-corrected chi connectivity index (χ2v) is 9.95. The molecule has 0 aliphatic heterocycles. The second kappa shape index (κ2) is 12.7. The molecule has 0 saturated carbocycles. The largest absolute Gasteiger partial charge is 0.464 e. The fourth-order valence-electron chi connectivity index (χ4n) is 3.98. The number of carbonyl (C=O) groups excluding carboxylic acids is 1. The Morgan fingerprint density at radius 2 is 1.90 bits per heavy atom. The lowest BCUT2D eigenvalue weighted by molar-refractivity contribution is -0.146. The summed E-state index contributed by atoms with van der Waals surface area (Å²) >= 11 is 6.46. The van der Waals surface area contributed by atoms with Crippen LogP contribution in [0.4, 0.5) is 10.2 Å². The Balaban J connectivity index is 1.57. The van der Waals surface area contributed by atoms with Crippen molar-refractivity contribution in [3.05, 3.63) is 87.0 Å². The average molecular weight is 563 g/mol. The zero-order valence-corrected chi connectivity index (χ0v) is 22.8. The molecule has 0 radical (unpaired) electrons. The summed E-state index contributed by atoms with van der Waals surface area (Å²) < 4.78 is 21.8.